The zero-order chi connectivity index (χ0) is 15.2. The molecule has 2 rings (SSSR count). The Balaban J connectivity index is 2.46. The molecule has 0 saturated heterocycles. The minimum Gasteiger partial charge on any atom is -0.496 e. The van der Waals surface area contributed by atoms with Crippen LogP contribution in [-0.2, 0) is 6.54 Å². The zero-order valence-corrected chi connectivity index (χ0v) is 12.9. The highest BCUT2D eigenvalue weighted by molar-refractivity contribution is 5.74. The molecule has 0 radical (unpaired) electrons. The van der Waals surface area contributed by atoms with Crippen molar-refractivity contribution in [2.45, 2.75) is 26.8 Å². The number of halogens is 1. The summed E-state index contributed by atoms with van der Waals surface area (Å²) >= 11 is 0. The van der Waals surface area contributed by atoms with Crippen molar-refractivity contribution in [3.8, 4) is 16.9 Å². The standard InChI is InChI=1S/C18H22FNO/c1-4-9-20-12-14-6-7-15(19)11-16(14)17-10-13(2)5-8-18(17)21-3/h5-8,10-11,20H,4,9,12H2,1-3H3. The first-order valence-electron chi connectivity index (χ1n) is 7.30. The molecule has 0 spiro atoms. The molecule has 0 heterocycles. The van der Waals surface area contributed by atoms with Crippen LogP contribution in [0.2, 0.25) is 0 Å². The molecule has 0 aliphatic rings. The molecule has 0 aliphatic heterocycles. The van der Waals surface area contributed by atoms with E-state index in [9.17, 15) is 4.39 Å². The minimum atomic E-state index is -0.229. The maximum atomic E-state index is 13.7. The fourth-order valence-electron chi connectivity index (χ4n) is 2.39. The van der Waals surface area contributed by atoms with Crippen molar-refractivity contribution < 1.29 is 9.13 Å². The van der Waals surface area contributed by atoms with E-state index in [2.05, 4.69) is 12.2 Å². The number of benzene rings is 2. The molecular formula is C18H22FNO. The summed E-state index contributed by atoms with van der Waals surface area (Å²) in [6, 6.07) is 10.9. The van der Waals surface area contributed by atoms with Crippen molar-refractivity contribution in [1.82, 2.24) is 5.32 Å². The van der Waals surface area contributed by atoms with Gasteiger partial charge in [0.2, 0.25) is 0 Å². The number of aryl methyl sites for hydroxylation is 1. The van der Waals surface area contributed by atoms with Crippen molar-refractivity contribution in [3.63, 3.8) is 0 Å². The Morgan fingerprint density at radius 2 is 1.90 bits per heavy atom. The molecule has 1 N–H and O–H groups in total. The first-order chi connectivity index (χ1) is 10.2. The van der Waals surface area contributed by atoms with E-state index >= 15 is 0 Å². The van der Waals surface area contributed by atoms with Gasteiger partial charge in [-0.1, -0.05) is 24.6 Å². The van der Waals surface area contributed by atoms with E-state index in [1.807, 2.05) is 31.2 Å². The average molecular weight is 287 g/mol. The fraction of sp³-hybridized carbons (Fsp3) is 0.333. The molecule has 0 atom stereocenters. The van der Waals surface area contributed by atoms with Crippen LogP contribution in [0.15, 0.2) is 36.4 Å². The molecule has 112 valence electrons. The van der Waals surface area contributed by atoms with Crippen LogP contribution in [0.1, 0.15) is 24.5 Å². The summed E-state index contributed by atoms with van der Waals surface area (Å²) in [5, 5.41) is 3.37. The van der Waals surface area contributed by atoms with Gasteiger partial charge in [-0.3, -0.25) is 0 Å². The van der Waals surface area contributed by atoms with Gasteiger partial charge in [0.15, 0.2) is 0 Å². The first-order valence-corrected chi connectivity index (χ1v) is 7.30. The summed E-state index contributed by atoms with van der Waals surface area (Å²) in [6.45, 7) is 5.82. The number of hydrogen-bond acceptors (Lipinski definition) is 2. The largest absolute Gasteiger partial charge is 0.496 e. The summed E-state index contributed by atoms with van der Waals surface area (Å²) in [5.41, 5.74) is 4.03. The van der Waals surface area contributed by atoms with Crippen LogP contribution in [0, 0.1) is 12.7 Å². The zero-order valence-electron chi connectivity index (χ0n) is 12.9. The first kappa shape index (κ1) is 15.5. The van der Waals surface area contributed by atoms with Gasteiger partial charge in [0.1, 0.15) is 11.6 Å². The molecule has 0 aromatic heterocycles. The number of hydrogen-bond donors (Lipinski definition) is 1. The van der Waals surface area contributed by atoms with Crippen LogP contribution >= 0.6 is 0 Å². The van der Waals surface area contributed by atoms with Crippen molar-refractivity contribution in [1.29, 1.82) is 0 Å². The fourth-order valence-corrected chi connectivity index (χ4v) is 2.39. The van der Waals surface area contributed by atoms with Gasteiger partial charge in [-0.25, -0.2) is 4.39 Å². The Bertz CT molecular complexity index is 610. The molecule has 3 heteroatoms. The molecule has 0 aliphatic carbocycles. The molecule has 2 aromatic carbocycles. The van der Waals surface area contributed by atoms with Gasteiger partial charge in [0.25, 0.3) is 0 Å². The third kappa shape index (κ3) is 3.82. The van der Waals surface area contributed by atoms with Crippen molar-refractivity contribution in [3.05, 3.63) is 53.3 Å². The van der Waals surface area contributed by atoms with Gasteiger partial charge in [0, 0.05) is 12.1 Å². The summed E-state index contributed by atoms with van der Waals surface area (Å²) in [7, 11) is 1.64. The second-order valence-electron chi connectivity index (χ2n) is 5.18. The summed E-state index contributed by atoms with van der Waals surface area (Å²) in [4.78, 5) is 0. The monoisotopic (exact) mass is 287 g/mol. The lowest BCUT2D eigenvalue weighted by Gasteiger charge is -2.14. The smallest absolute Gasteiger partial charge is 0.126 e. The third-order valence-electron chi connectivity index (χ3n) is 3.46. The predicted octanol–water partition coefficient (Wildman–Crippen LogP) is 4.31. The highest BCUT2D eigenvalue weighted by Crippen LogP contribution is 2.33. The van der Waals surface area contributed by atoms with E-state index in [0.717, 1.165) is 47.5 Å². The van der Waals surface area contributed by atoms with Gasteiger partial charge < -0.3 is 10.1 Å². The highest BCUT2D eigenvalue weighted by Gasteiger charge is 2.12. The molecular weight excluding hydrogens is 265 g/mol. The molecule has 0 saturated carbocycles. The van der Waals surface area contributed by atoms with E-state index < -0.39 is 0 Å². The predicted molar refractivity (Wildman–Crippen MR) is 85.1 cm³/mol. The quantitative estimate of drug-likeness (QED) is 0.799. The van der Waals surface area contributed by atoms with Crippen molar-refractivity contribution in [2.75, 3.05) is 13.7 Å². The Morgan fingerprint density at radius 1 is 1.10 bits per heavy atom. The second-order valence-corrected chi connectivity index (χ2v) is 5.18. The van der Waals surface area contributed by atoms with Crippen LogP contribution < -0.4 is 10.1 Å². The van der Waals surface area contributed by atoms with Gasteiger partial charge in [-0.15, -0.1) is 0 Å². The Morgan fingerprint density at radius 3 is 2.62 bits per heavy atom. The van der Waals surface area contributed by atoms with Gasteiger partial charge in [-0.2, -0.15) is 0 Å². The highest BCUT2D eigenvalue weighted by atomic mass is 19.1. The Labute approximate surface area is 126 Å². The SMILES string of the molecule is CCCNCc1ccc(F)cc1-c1cc(C)ccc1OC. The third-order valence-corrected chi connectivity index (χ3v) is 3.46. The van der Waals surface area contributed by atoms with Crippen LogP contribution in [0.3, 0.4) is 0 Å². The normalized spacial score (nSPS) is 10.7. The van der Waals surface area contributed by atoms with Crippen LogP contribution in [-0.4, -0.2) is 13.7 Å². The number of methoxy groups -OCH3 is 1. The lowest BCUT2D eigenvalue weighted by molar-refractivity contribution is 0.416. The van der Waals surface area contributed by atoms with E-state index in [-0.39, 0.29) is 5.82 Å². The van der Waals surface area contributed by atoms with Crippen LogP contribution in [0.5, 0.6) is 5.75 Å². The molecule has 0 amide bonds. The number of rotatable bonds is 6. The molecule has 2 aromatic rings. The van der Waals surface area contributed by atoms with E-state index in [1.165, 1.54) is 6.07 Å². The van der Waals surface area contributed by atoms with E-state index in [4.69, 9.17) is 4.74 Å². The maximum absolute atomic E-state index is 13.7. The topological polar surface area (TPSA) is 21.3 Å². The van der Waals surface area contributed by atoms with Crippen LogP contribution in [0.4, 0.5) is 4.39 Å². The van der Waals surface area contributed by atoms with E-state index in [0.29, 0.717) is 0 Å². The minimum absolute atomic E-state index is 0.229. The van der Waals surface area contributed by atoms with E-state index in [1.54, 1.807) is 13.2 Å². The molecule has 0 unspecified atom stereocenters. The maximum Gasteiger partial charge on any atom is 0.126 e. The lowest BCUT2D eigenvalue weighted by Crippen LogP contribution is -2.14. The summed E-state index contributed by atoms with van der Waals surface area (Å²) in [6.07, 6.45) is 1.07. The summed E-state index contributed by atoms with van der Waals surface area (Å²) in [5.74, 6) is 0.538. The average Bonchev–Trinajstić information content (AvgIpc) is 2.49. The van der Waals surface area contributed by atoms with Gasteiger partial charge >= 0.3 is 0 Å². The molecule has 2 nitrogen and oxygen atoms in total. The van der Waals surface area contributed by atoms with Crippen molar-refractivity contribution >= 4 is 0 Å². The van der Waals surface area contributed by atoms with Gasteiger partial charge in [0.05, 0.1) is 7.11 Å². The van der Waals surface area contributed by atoms with Crippen molar-refractivity contribution in [2.24, 2.45) is 0 Å². The lowest BCUT2D eigenvalue weighted by atomic mass is 9.97. The molecule has 0 fully saturated rings. The Kier molecular flexibility index (Phi) is 5.34. The number of ether oxygens (including phenoxy) is 1. The Hall–Kier alpha value is -1.87. The molecule has 0 bridgehead atoms. The second kappa shape index (κ2) is 7.23. The van der Waals surface area contributed by atoms with Gasteiger partial charge in [-0.05, 0) is 55.3 Å². The summed E-state index contributed by atoms with van der Waals surface area (Å²) < 4.78 is 19.1. The molecule has 21 heavy (non-hydrogen) atoms. The number of nitrogens with one attached hydrogen (secondary N) is 1. The van der Waals surface area contributed by atoms with Crippen LogP contribution in [0.25, 0.3) is 11.1 Å².